The molecule has 3 rings (SSSR count). The summed E-state index contributed by atoms with van der Waals surface area (Å²) in [5.74, 6) is 1.04. The molecule has 1 aliphatic heterocycles. The maximum Gasteiger partial charge on any atom is 0.231 e. The van der Waals surface area contributed by atoms with Gasteiger partial charge in [-0.1, -0.05) is 30.3 Å². The van der Waals surface area contributed by atoms with Crippen molar-refractivity contribution in [2.45, 2.75) is 19.9 Å². The number of fused-ring (bicyclic) bond motifs is 1. The summed E-state index contributed by atoms with van der Waals surface area (Å²) in [5.41, 5.74) is 1.72. The van der Waals surface area contributed by atoms with Gasteiger partial charge < -0.3 is 19.7 Å². The minimum Gasteiger partial charge on any atom is -0.454 e. The van der Waals surface area contributed by atoms with Crippen LogP contribution in [0.5, 0.6) is 11.5 Å². The molecule has 130 valence electrons. The monoisotopic (exact) mass is 340 g/mol. The summed E-state index contributed by atoms with van der Waals surface area (Å²) >= 11 is 0. The molecule has 1 heterocycles. The Labute approximate surface area is 146 Å². The van der Waals surface area contributed by atoms with Crippen LogP contribution >= 0.6 is 0 Å². The van der Waals surface area contributed by atoms with Gasteiger partial charge in [0.2, 0.25) is 18.6 Å². The Morgan fingerprint density at radius 2 is 1.84 bits per heavy atom. The smallest absolute Gasteiger partial charge is 0.231 e. The summed E-state index contributed by atoms with van der Waals surface area (Å²) in [6, 6.07) is 15.0. The van der Waals surface area contributed by atoms with E-state index < -0.39 is 0 Å². The maximum absolute atomic E-state index is 12.1. The van der Waals surface area contributed by atoms with Gasteiger partial charge in [0.05, 0.1) is 0 Å². The Bertz CT molecular complexity index is 761. The fourth-order valence-electron chi connectivity index (χ4n) is 2.62. The van der Waals surface area contributed by atoms with Crippen LogP contribution in [0.25, 0.3) is 0 Å². The molecule has 1 aliphatic rings. The zero-order valence-electron chi connectivity index (χ0n) is 14.0. The third-order valence-electron chi connectivity index (χ3n) is 3.94. The minimum absolute atomic E-state index is 0.101. The molecule has 0 radical (unpaired) electrons. The molecule has 0 unspecified atom stereocenters. The third-order valence-corrected chi connectivity index (χ3v) is 3.94. The number of benzene rings is 2. The van der Waals surface area contributed by atoms with Crippen LogP contribution in [-0.4, -0.2) is 25.2 Å². The Balaban J connectivity index is 1.57. The van der Waals surface area contributed by atoms with Gasteiger partial charge in [0.1, 0.15) is 0 Å². The molecule has 2 amide bonds. The summed E-state index contributed by atoms with van der Waals surface area (Å²) in [4.78, 5) is 25.6. The van der Waals surface area contributed by atoms with Gasteiger partial charge in [0.15, 0.2) is 11.5 Å². The van der Waals surface area contributed by atoms with Crippen LogP contribution in [-0.2, 0) is 16.1 Å². The first-order valence-electron chi connectivity index (χ1n) is 8.12. The Hall–Kier alpha value is -3.02. The molecule has 0 atom stereocenters. The highest BCUT2D eigenvalue weighted by molar-refractivity contribution is 5.92. The number of anilines is 1. The number of nitrogens with one attached hydrogen (secondary N) is 1. The quantitative estimate of drug-likeness (QED) is 0.877. The van der Waals surface area contributed by atoms with Crippen molar-refractivity contribution in [3.8, 4) is 11.5 Å². The normalized spacial score (nSPS) is 11.9. The number of rotatable bonds is 6. The SMILES string of the molecule is CC(=O)N(CCC(=O)NCc1ccccc1)c1ccc2c(c1)OCO2. The van der Waals surface area contributed by atoms with Crippen LogP contribution in [0, 0.1) is 0 Å². The molecule has 0 aromatic heterocycles. The minimum atomic E-state index is -0.130. The van der Waals surface area contributed by atoms with Gasteiger partial charge in [-0.15, -0.1) is 0 Å². The highest BCUT2D eigenvalue weighted by Crippen LogP contribution is 2.35. The van der Waals surface area contributed by atoms with Gasteiger partial charge in [0, 0.05) is 38.2 Å². The van der Waals surface area contributed by atoms with Crippen molar-refractivity contribution in [1.82, 2.24) is 5.32 Å². The van der Waals surface area contributed by atoms with Crippen LogP contribution in [0.1, 0.15) is 18.9 Å². The fraction of sp³-hybridized carbons (Fsp3) is 0.263. The molecule has 2 aromatic carbocycles. The van der Waals surface area contributed by atoms with E-state index >= 15 is 0 Å². The largest absolute Gasteiger partial charge is 0.454 e. The Kier molecular flexibility index (Phi) is 5.18. The number of ether oxygens (including phenoxy) is 2. The number of amides is 2. The second-order valence-electron chi connectivity index (χ2n) is 5.72. The lowest BCUT2D eigenvalue weighted by Crippen LogP contribution is -2.33. The molecule has 2 aromatic rings. The number of hydrogen-bond donors (Lipinski definition) is 1. The first-order chi connectivity index (χ1) is 12.1. The van der Waals surface area contributed by atoms with Crippen LogP contribution in [0.15, 0.2) is 48.5 Å². The number of carbonyl (C=O) groups is 2. The van der Waals surface area contributed by atoms with E-state index in [0.717, 1.165) is 5.56 Å². The third kappa shape index (κ3) is 4.29. The van der Waals surface area contributed by atoms with Crippen LogP contribution in [0.2, 0.25) is 0 Å². The van der Waals surface area contributed by atoms with Gasteiger partial charge in [-0.3, -0.25) is 9.59 Å². The van der Waals surface area contributed by atoms with Gasteiger partial charge in [-0.25, -0.2) is 0 Å². The zero-order chi connectivity index (χ0) is 17.6. The Morgan fingerprint density at radius 3 is 2.60 bits per heavy atom. The van der Waals surface area contributed by atoms with E-state index in [1.54, 1.807) is 23.1 Å². The molecule has 6 nitrogen and oxygen atoms in total. The van der Waals surface area contributed by atoms with Gasteiger partial charge in [0.25, 0.3) is 0 Å². The van der Waals surface area contributed by atoms with E-state index in [9.17, 15) is 9.59 Å². The summed E-state index contributed by atoms with van der Waals surface area (Å²) in [6.45, 7) is 2.44. The molecule has 1 N–H and O–H groups in total. The summed E-state index contributed by atoms with van der Waals surface area (Å²) < 4.78 is 10.6. The molecule has 25 heavy (non-hydrogen) atoms. The van der Waals surface area contributed by atoms with Gasteiger partial charge >= 0.3 is 0 Å². The lowest BCUT2D eigenvalue weighted by atomic mass is 10.2. The van der Waals surface area contributed by atoms with E-state index in [0.29, 0.717) is 30.3 Å². The summed E-state index contributed by atoms with van der Waals surface area (Å²) in [6.07, 6.45) is 0.223. The first-order valence-corrected chi connectivity index (χ1v) is 8.12. The van der Waals surface area contributed by atoms with Gasteiger partial charge in [-0.05, 0) is 17.7 Å². The lowest BCUT2D eigenvalue weighted by Gasteiger charge is -2.21. The van der Waals surface area contributed by atoms with Crippen molar-refractivity contribution in [1.29, 1.82) is 0 Å². The highest BCUT2D eigenvalue weighted by atomic mass is 16.7. The first kappa shape index (κ1) is 16.8. The second kappa shape index (κ2) is 7.70. The van der Waals surface area contributed by atoms with E-state index in [4.69, 9.17) is 9.47 Å². The molecule has 0 aliphatic carbocycles. The van der Waals surface area contributed by atoms with Crippen LogP contribution in [0.4, 0.5) is 5.69 Å². The topological polar surface area (TPSA) is 67.9 Å². The molecular weight excluding hydrogens is 320 g/mol. The number of hydrogen-bond acceptors (Lipinski definition) is 4. The van der Waals surface area contributed by atoms with Crippen molar-refractivity contribution in [3.63, 3.8) is 0 Å². The van der Waals surface area contributed by atoms with Crippen molar-refractivity contribution in [3.05, 3.63) is 54.1 Å². The number of nitrogens with zero attached hydrogens (tertiary/aromatic N) is 1. The maximum atomic E-state index is 12.1. The van der Waals surface area contributed by atoms with Crippen LogP contribution < -0.4 is 19.7 Å². The van der Waals surface area contributed by atoms with Crippen molar-refractivity contribution >= 4 is 17.5 Å². The molecule has 0 saturated carbocycles. The van der Waals surface area contributed by atoms with E-state index in [2.05, 4.69) is 5.32 Å². The zero-order valence-corrected chi connectivity index (χ0v) is 14.0. The van der Waals surface area contributed by atoms with Crippen LogP contribution in [0.3, 0.4) is 0 Å². The van der Waals surface area contributed by atoms with Gasteiger partial charge in [-0.2, -0.15) is 0 Å². The molecule has 0 saturated heterocycles. The van der Waals surface area contributed by atoms with E-state index in [-0.39, 0.29) is 25.0 Å². The molecule has 0 fully saturated rings. The predicted octanol–water partition coefficient (Wildman–Crippen LogP) is 2.47. The fourth-order valence-corrected chi connectivity index (χ4v) is 2.62. The number of carbonyl (C=O) groups excluding carboxylic acids is 2. The van der Waals surface area contributed by atoms with Crippen molar-refractivity contribution in [2.24, 2.45) is 0 Å². The van der Waals surface area contributed by atoms with E-state index in [1.807, 2.05) is 30.3 Å². The standard InChI is InChI=1S/C19H20N2O4/c1-14(22)21(16-7-8-17-18(11-16)25-13-24-17)10-9-19(23)20-12-15-5-3-2-4-6-15/h2-8,11H,9-10,12-13H2,1H3,(H,20,23). The Morgan fingerprint density at radius 1 is 1.08 bits per heavy atom. The summed E-state index contributed by atoms with van der Waals surface area (Å²) in [7, 11) is 0. The predicted molar refractivity (Wildman–Crippen MR) is 93.5 cm³/mol. The average molecular weight is 340 g/mol. The average Bonchev–Trinajstić information content (AvgIpc) is 3.08. The van der Waals surface area contributed by atoms with Crippen molar-refractivity contribution < 1.29 is 19.1 Å². The highest BCUT2D eigenvalue weighted by Gasteiger charge is 2.18. The molecule has 0 bridgehead atoms. The lowest BCUT2D eigenvalue weighted by molar-refractivity contribution is -0.121. The van der Waals surface area contributed by atoms with E-state index in [1.165, 1.54) is 6.92 Å². The molecule has 6 heteroatoms. The second-order valence-corrected chi connectivity index (χ2v) is 5.72. The summed E-state index contributed by atoms with van der Waals surface area (Å²) in [5, 5.41) is 2.86. The van der Waals surface area contributed by atoms with Crippen molar-refractivity contribution in [2.75, 3.05) is 18.2 Å². The molecular formula is C19H20N2O4. The molecule has 0 spiro atoms.